The van der Waals surface area contributed by atoms with E-state index in [9.17, 15) is 19.2 Å². The third-order valence-corrected chi connectivity index (χ3v) is 12.5. The van der Waals surface area contributed by atoms with Crippen molar-refractivity contribution < 1.29 is 28.7 Å². The first-order valence-corrected chi connectivity index (χ1v) is 16.5. The fourth-order valence-electron chi connectivity index (χ4n) is 7.13. The molecule has 2 saturated carbocycles. The highest BCUT2D eigenvalue weighted by molar-refractivity contribution is 9.12. The normalized spacial score (nSPS) is 25.1. The van der Waals surface area contributed by atoms with Crippen molar-refractivity contribution in [3.63, 3.8) is 0 Å². The molecule has 8 nitrogen and oxygen atoms in total. The molecule has 3 aromatic carbocycles. The van der Waals surface area contributed by atoms with Crippen LogP contribution in [0.25, 0.3) is 22.2 Å². The van der Waals surface area contributed by atoms with Crippen LogP contribution in [0.4, 0.5) is 5.69 Å². The van der Waals surface area contributed by atoms with Gasteiger partial charge < -0.3 is 9.47 Å². The molecule has 228 valence electrons. The number of pyridine rings is 1. The first-order valence-electron chi connectivity index (χ1n) is 14.7. The zero-order valence-electron chi connectivity index (χ0n) is 24.4. The molecule has 0 spiro atoms. The molecule has 6 atom stereocenters. The van der Waals surface area contributed by atoms with E-state index >= 15 is 0 Å². The number of Topliss-reactive ketones (excluding diaryl/α,β-unsaturated/α-hetero) is 1. The summed E-state index contributed by atoms with van der Waals surface area (Å²) in [7, 11) is 1.52. The van der Waals surface area contributed by atoms with Crippen LogP contribution in [0.15, 0.2) is 72.8 Å². The number of hydrogen-bond donors (Lipinski definition) is 0. The van der Waals surface area contributed by atoms with Crippen LogP contribution in [0.3, 0.4) is 0 Å². The molecule has 6 unspecified atom stereocenters. The molecule has 3 fully saturated rings. The SMILES string of the molecule is COc1cccc(C(=O)COC(=O)c2cc(-c3ccc(N4C(=O)C5C6CC(C(Br)C6Br)C5C4=O)cc3)nc3ccc(C)cc23)c1. The molecule has 2 aliphatic carbocycles. The van der Waals surface area contributed by atoms with Gasteiger partial charge in [-0.2, -0.15) is 0 Å². The quantitative estimate of drug-likeness (QED) is 0.0921. The Morgan fingerprint density at radius 2 is 1.60 bits per heavy atom. The van der Waals surface area contributed by atoms with Gasteiger partial charge in [-0.15, -0.1) is 0 Å². The van der Waals surface area contributed by atoms with Crippen molar-refractivity contribution in [2.24, 2.45) is 23.7 Å². The fraction of sp³-hybridized carbons (Fsp3) is 0.286. The molecule has 2 heterocycles. The van der Waals surface area contributed by atoms with Crippen molar-refractivity contribution >= 4 is 72.0 Å². The molecule has 3 aliphatic rings. The van der Waals surface area contributed by atoms with Crippen LogP contribution in [0.1, 0.15) is 32.7 Å². The molecule has 0 radical (unpaired) electrons. The van der Waals surface area contributed by atoms with Crippen molar-refractivity contribution in [1.82, 2.24) is 4.98 Å². The largest absolute Gasteiger partial charge is 0.497 e. The number of aryl methyl sites for hydroxylation is 1. The topological polar surface area (TPSA) is 103 Å². The Morgan fingerprint density at radius 3 is 2.27 bits per heavy atom. The molecular weight excluding hydrogens is 704 g/mol. The van der Waals surface area contributed by atoms with Gasteiger partial charge in [0, 0.05) is 26.2 Å². The zero-order chi connectivity index (χ0) is 31.6. The van der Waals surface area contributed by atoms with E-state index in [1.54, 1.807) is 54.6 Å². The number of fused-ring (bicyclic) bond motifs is 6. The van der Waals surface area contributed by atoms with Crippen molar-refractivity contribution in [1.29, 1.82) is 0 Å². The van der Waals surface area contributed by atoms with Crippen LogP contribution >= 0.6 is 31.9 Å². The Bertz CT molecular complexity index is 1860. The van der Waals surface area contributed by atoms with E-state index in [-0.39, 0.29) is 56.5 Å². The number of amides is 2. The highest BCUT2D eigenvalue weighted by Gasteiger charge is 2.66. The predicted octanol–water partition coefficient (Wildman–Crippen LogP) is 6.54. The Morgan fingerprint density at radius 1 is 0.911 bits per heavy atom. The molecule has 10 heteroatoms. The first kappa shape index (κ1) is 29.8. The van der Waals surface area contributed by atoms with Crippen molar-refractivity contribution in [3.05, 3.63) is 89.5 Å². The number of carbonyl (C=O) groups is 4. The van der Waals surface area contributed by atoms with E-state index in [0.29, 0.717) is 39.2 Å². The van der Waals surface area contributed by atoms with Gasteiger partial charge in [0.15, 0.2) is 12.4 Å². The first-order chi connectivity index (χ1) is 21.7. The minimum Gasteiger partial charge on any atom is -0.497 e. The summed E-state index contributed by atoms with van der Waals surface area (Å²) < 4.78 is 10.7. The lowest BCUT2D eigenvalue weighted by Gasteiger charge is -2.28. The molecule has 2 amide bonds. The van der Waals surface area contributed by atoms with Crippen LogP contribution in [0.5, 0.6) is 5.75 Å². The number of benzene rings is 3. The van der Waals surface area contributed by atoms with Gasteiger partial charge in [0.2, 0.25) is 11.8 Å². The minimum atomic E-state index is -0.647. The molecule has 1 saturated heterocycles. The average molecular weight is 732 g/mol. The standard InChI is InChI=1S/C35H28Br2N2O6/c1-17-6-11-26-22(12-17)23(35(43)45-16-28(40)19-4-3-5-21(13-19)44-2)15-27(38-26)18-7-9-20(10-8-18)39-33(41)29-24-14-25(30(29)34(39)42)32(37)31(24)36/h3-13,15,24-25,29-32H,14,16H2,1-2H3. The van der Waals surface area contributed by atoms with E-state index in [1.165, 1.54) is 12.0 Å². The molecule has 2 bridgehead atoms. The smallest absolute Gasteiger partial charge is 0.339 e. The third-order valence-electron chi connectivity index (χ3n) is 9.32. The summed E-state index contributed by atoms with van der Waals surface area (Å²) in [6.45, 7) is 1.49. The summed E-state index contributed by atoms with van der Waals surface area (Å²) in [5, 5.41) is 0.610. The van der Waals surface area contributed by atoms with Crippen LogP contribution < -0.4 is 9.64 Å². The van der Waals surface area contributed by atoms with Gasteiger partial charge >= 0.3 is 5.97 Å². The Hall–Kier alpha value is -3.89. The van der Waals surface area contributed by atoms with E-state index < -0.39 is 12.6 Å². The number of aromatic nitrogens is 1. The van der Waals surface area contributed by atoms with Gasteiger partial charge in [-0.25, -0.2) is 9.78 Å². The number of nitrogens with zero attached hydrogens (tertiary/aromatic N) is 2. The third kappa shape index (κ3) is 4.98. The van der Waals surface area contributed by atoms with Crippen molar-refractivity contribution in [2.45, 2.75) is 23.0 Å². The van der Waals surface area contributed by atoms with Crippen molar-refractivity contribution in [2.75, 3.05) is 18.6 Å². The maximum Gasteiger partial charge on any atom is 0.339 e. The summed E-state index contributed by atoms with van der Waals surface area (Å²) in [6, 6.07) is 21.0. The van der Waals surface area contributed by atoms with Gasteiger partial charge in [-0.1, -0.05) is 67.8 Å². The highest BCUT2D eigenvalue weighted by Crippen LogP contribution is 2.60. The number of imide groups is 1. The Balaban J connectivity index is 1.15. The van der Waals surface area contributed by atoms with Crippen LogP contribution in [0, 0.1) is 30.6 Å². The molecule has 1 aliphatic heterocycles. The maximum atomic E-state index is 13.5. The number of carbonyl (C=O) groups excluding carboxylic acids is 4. The van der Waals surface area contributed by atoms with Crippen molar-refractivity contribution in [3.8, 4) is 17.0 Å². The number of ketones is 1. The number of esters is 1. The minimum absolute atomic E-state index is 0.137. The summed E-state index contributed by atoms with van der Waals surface area (Å²) in [6.07, 6.45) is 0.874. The maximum absolute atomic E-state index is 13.5. The lowest BCUT2D eigenvalue weighted by Crippen LogP contribution is -2.37. The number of alkyl halides is 2. The number of hydrogen-bond acceptors (Lipinski definition) is 7. The molecule has 7 rings (SSSR count). The van der Waals surface area contributed by atoms with E-state index in [2.05, 4.69) is 31.9 Å². The van der Waals surface area contributed by atoms with Crippen LogP contribution in [0.2, 0.25) is 0 Å². The van der Waals surface area contributed by atoms with Crippen LogP contribution in [-0.4, -0.2) is 51.9 Å². The lowest BCUT2D eigenvalue weighted by molar-refractivity contribution is -0.123. The van der Waals surface area contributed by atoms with Gasteiger partial charge in [0.05, 0.1) is 41.4 Å². The van der Waals surface area contributed by atoms with E-state index in [4.69, 9.17) is 14.5 Å². The molecule has 45 heavy (non-hydrogen) atoms. The summed E-state index contributed by atoms with van der Waals surface area (Å²) in [5.74, 6) is -1.05. The highest BCUT2D eigenvalue weighted by atomic mass is 79.9. The monoisotopic (exact) mass is 730 g/mol. The lowest BCUT2D eigenvalue weighted by atomic mass is 9.81. The molecule has 1 aromatic heterocycles. The number of methoxy groups -OCH3 is 1. The number of halogens is 2. The summed E-state index contributed by atoms with van der Waals surface area (Å²) in [5.41, 5.74) is 3.93. The molecule has 0 N–H and O–H groups in total. The second kappa shape index (κ2) is 11.5. The van der Waals surface area contributed by atoms with Gasteiger partial charge in [-0.3, -0.25) is 19.3 Å². The Kier molecular flexibility index (Phi) is 7.60. The van der Waals surface area contributed by atoms with Gasteiger partial charge in [0.1, 0.15) is 5.75 Å². The van der Waals surface area contributed by atoms with Crippen LogP contribution in [-0.2, 0) is 14.3 Å². The average Bonchev–Trinajstić information content (AvgIpc) is 3.67. The second-order valence-corrected chi connectivity index (χ2v) is 14.0. The number of rotatable bonds is 7. The molecular formula is C35H28Br2N2O6. The molecule has 4 aromatic rings. The second-order valence-electron chi connectivity index (χ2n) is 11.9. The summed E-state index contributed by atoms with van der Waals surface area (Å²) >= 11 is 7.47. The Labute approximate surface area is 276 Å². The van der Waals surface area contributed by atoms with E-state index in [0.717, 1.165) is 12.0 Å². The summed E-state index contributed by atoms with van der Waals surface area (Å²) in [4.78, 5) is 59.6. The number of ether oxygens (including phenoxy) is 2. The zero-order valence-corrected chi connectivity index (χ0v) is 27.6. The van der Waals surface area contributed by atoms with Gasteiger partial charge in [-0.05, 0) is 67.6 Å². The number of anilines is 1. The van der Waals surface area contributed by atoms with Gasteiger partial charge in [0.25, 0.3) is 0 Å². The predicted molar refractivity (Wildman–Crippen MR) is 176 cm³/mol. The van der Waals surface area contributed by atoms with E-state index in [1.807, 2.05) is 25.1 Å². The fourth-order valence-corrected chi connectivity index (χ4v) is 9.00.